The minimum Gasteiger partial charge on any atom is -0.480 e. The molecule has 2 rings (SSSR count). The van der Waals surface area contributed by atoms with E-state index in [1.54, 1.807) is 18.2 Å². The fourth-order valence-corrected chi connectivity index (χ4v) is 1.90. The number of carboxylic acids is 1. The summed E-state index contributed by atoms with van der Waals surface area (Å²) >= 11 is 0. The van der Waals surface area contributed by atoms with E-state index in [2.05, 4.69) is 5.32 Å². The molecule has 86 valence electrons. The van der Waals surface area contributed by atoms with Crippen LogP contribution in [0.1, 0.15) is 24.8 Å². The predicted octanol–water partition coefficient (Wildman–Crippen LogP) is 1.92. The lowest BCUT2D eigenvalue weighted by atomic mass is 9.76. The fourth-order valence-electron chi connectivity index (χ4n) is 1.90. The van der Waals surface area contributed by atoms with E-state index < -0.39 is 11.5 Å². The molecule has 2 N–H and O–H groups in total. The molecule has 1 aromatic rings. The van der Waals surface area contributed by atoms with Gasteiger partial charge in [0, 0.05) is 12.1 Å². The lowest BCUT2D eigenvalue weighted by Crippen LogP contribution is -2.56. The highest BCUT2D eigenvalue weighted by Gasteiger charge is 2.43. The Hall–Kier alpha value is -1.42. The fraction of sp³-hybridized carbons (Fsp3) is 0.417. The lowest BCUT2D eigenvalue weighted by molar-refractivity contribution is -0.148. The summed E-state index contributed by atoms with van der Waals surface area (Å²) in [5.41, 5.74) is -0.322. The second kappa shape index (κ2) is 4.22. The number of aliphatic carboxylic acids is 1. The number of nitrogens with one attached hydrogen (secondary N) is 1. The highest BCUT2D eigenvalue weighted by molar-refractivity contribution is 5.79. The van der Waals surface area contributed by atoms with E-state index in [1.807, 2.05) is 0 Å². The smallest absolute Gasteiger partial charge is 0.323 e. The van der Waals surface area contributed by atoms with Gasteiger partial charge in [-0.1, -0.05) is 18.2 Å². The van der Waals surface area contributed by atoms with Gasteiger partial charge in [-0.25, -0.2) is 4.39 Å². The molecule has 0 spiro atoms. The summed E-state index contributed by atoms with van der Waals surface area (Å²) in [7, 11) is 0. The minimum absolute atomic E-state index is 0.263. The molecule has 1 aliphatic rings. The molecule has 0 amide bonds. The molecule has 1 fully saturated rings. The SMILES string of the molecule is O=C(O)C1(NCc2ccccc2F)CCC1. The zero-order valence-corrected chi connectivity index (χ0v) is 8.87. The minimum atomic E-state index is -0.838. The quantitative estimate of drug-likeness (QED) is 0.819. The highest BCUT2D eigenvalue weighted by Crippen LogP contribution is 2.32. The summed E-state index contributed by atoms with van der Waals surface area (Å²) < 4.78 is 13.3. The van der Waals surface area contributed by atoms with Crippen LogP contribution in [0.5, 0.6) is 0 Å². The normalized spacial score (nSPS) is 17.8. The largest absolute Gasteiger partial charge is 0.480 e. The Morgan fingerprint density at radius 1 is 1.44 bits per heavy atom. The Bertz CT molecular complexity index is 402. The van der Waals surface area contributed by atoms with Crippen LogP contribution in [0.25, 0.3) is 0 Å². The van der Waals surface area contributed by atoms with Gasteiger partial charge >= 0.3 is 5.97 Å². The molecule has 0 bridgehead atoms. The molecule has 16 heavy (non-hydrogen) atoms. The van der Waals surface area contributed by atoms with Crippen LogP contribution in [0.3, 0.4) is 0 Å². The van der Waals surface area contributed by atoms with Gasteiger partial charge in [-0.3, -0.25) is 10.1 Å². The van der Waals surface area contributed by atoms with Gasteiger partial charge in [0.25, 0.3) is 0 Å². The molecule has 3 nitrogen and oxygen atoms in total. The summed E-state index contributed by atoms with van der Waals surface area (Å²) in [5, 5.41) is 12.0. The third kappa shape index (κ3) is 1.93. The van der Waals surface area contributed by atoms with Crippen molar-refractivity contribution in [3.05, 3.63) is 35.6 Å². The van der Waals surface area contributed by atoms with Gasteiger partial charge in [0.15, 0.2) is 0 Å². The number of rotatable bonds is 4. The van der Waals surface area contributed by atoms with Crippen LogP contribution in [-0.4, -0.2) is 16.6 Å². The molecule has 1 saturated carbocycles. The molecular weight excluding hydrogens is 209 g/mol. The second-order valence-electron chi connectivity index (χ2n) is 4.19. The Morgan fingerprint density at radius 3 is 2.62 bits per heavy atom. The van der Waals surface area contributed by atoms with Gasteiger partial charge in [-0.2, -0.15) is 0 Å². The van der Waals surface area contributed by atoms with Crippen molar-refractivity contribution in [2.45, 2.75) is 31.3 Å². The van der Waals surface area contributed by atoms with Crippen molar-refractivity contribution in [1.82, 2.24) is 5.32 Å². The van der Waals surface area contributed by atoms with Crippen molar-refractivity contribution >= 4 is 5.97 Å². The second-order valence-corrected chi connectivity index (χ2v) is 4.19. The number of carbonyl (C=O) groups is 1. The number of hydrogen-bond donors (Lipinski definition) is 2. The number of hydrogen-bond acceptors (Lipinski definition) is 2. The Morgan fingerprint density at radius 2 is 2.12 bits per heavy atom. The molecule has 0 atom stereocenters. The van der Waals surface area contributed by atoms with Crippen molar-refractivity contribution in [2.75, 3.05) is 0 Å². The van der Waals surface area contributed by atoms with Crippen molar-refractivity contribution in [3.8, 4) is 0 Å². The predicted molar refractivity (Wildman–Crippen MR) is 57.5 cm³/mol. The van der Waals surface area contributed by atoms with Crippen LogP contribution in [0.2, 0.25) is 0 Å². The molecule has 0 heterocycles. The van der Waals surface area contributed by atoms with E-state index in [4.69, 9.17) is 5.11 Å². The average Bonchev–Trinajstić information content (AvgIpc) is 2.18. The average molecular weight is 223 g/mol. The zero-order chi connectivity index (χ0) is 11.6. The van der Waals surface area contributed by atoms with E-state index in [0.29, 0.717) is 18.4 Å². The Balaban J connectivity index is 2.02. The number of halogens is 1. The zero-order valence-electron chi connectivity index (χ0n) is 8.87. The van der Waals surface area contributed by atoms with Crippen LogP contribution >= 0.6 is 0 Å². The summed E-state index contributed by atoms with van der Waals surface area (Å²) in [6, 6.07) is 6.41. The van der Waals surface area contributed by atoms with Gasteiger partial charge < -0.3 is 5.11 Å². The molecule has 0 aromatic heterocycles. The van der Waals surface area contributed by atoms with Gasteiger partial charge in [0.1, 0.15) is 11.4 Å². The molecule has 0 radical (unpaired) electrons. The highest BCUT2D eigenvalue weighted by atomic mass is 19.1. The van der Waals surface area contributed by atoms with Crippen LogP contribution in [0.4, 0.5) is 4.39 Å². The van der Waals surface area contributed by atoms with Crippen LogP contribution in [-0.2, 0) is 11.3 Å². The summed E-state index contributed by atoms with van der Waals surface area (Å²) in [4.78, 5) is 11.1. The molecule has 4 heteroatoms. The lowest BCUT2D eigenvalue weighted by Gasteiger charge is -2.38. The topological polar surface area (TPSA) is 49.3 Å². The molecule has 1 aromatic carbocycles. The molecule has 0 unspecified atom stereocenters. The Labute approximate surface area is 93.3 Å². The molecule has 1 aliphatic carbocycles. The maximum Gasteiger partial charge on any atom is 0.323 e. The molecule has 0 aliphatic heterocycles. The van der Waals surface area contributed by atoms with Crippen LogP contribution < -0.4 is 5.32 Å². The van der Waals surface area contributed by atoms with E-state index in [0.717, 1.165) is 6.42 Å². The van der Waals surface area contributed by atoms with Crippen LogP contribution in [0.15, 0.2) is 24.3 Å². The third-order valence-electron chi connectivity index (χ3n) is 3.19. The standard InChI is InChI=1S/C12H14FNO2/c13-10-5-2-1-4-9(10)8-14-12(11(15)16)6-3-7-12/h1-2,4-5,14H,3,6-8H2,(H,15,16). The first kappa shape index (κ1) is 11.1. The van der Waals surface area contributed by atoms with E-state index in [-0.39, 0.29) is 12.4 Å². The van der Waals surface area contributed by atoms with Gasteiger partial charge in [-0.05, 0) is 25.3 Å². The van der Waals surface area contributed by atoms with Crippen molar-refractivity contribution in [1.29, 1.82) is 0 Å². The maximum absolute atomic E-state index is 13.3. The first-order valence-corrected chi connectivity index (χ1v) is 5.36. The summed E-state index contributed by atoms with van der Waals surface area (Å²) in [6.07, 6.45) is 2.16. The number of benzene rings is 1. The monoisotopic (exact) mass is 223 g/mol. The first-order valence-electron chi connectivity index (χ1n) is 5.36. The van der Waals surface area contributed by atoms with Gasteiger partial charge in [0.05, 0.1) is 0 Å². The van der Waals surface area contributed by atoms with Gasteiger partial charge in [-0.15, -0.1) is 0 Å². The van der Waals surface area contributed by atoms with E-state index in [1.165, 1.54) is 6.07 Å². The number of carboxylic acid groups (broad SMARTS) is 1. The van der Waals surface area contributed by atoms with Crippen molar-refractivity contribution < 1.29 is 14.3 Å². The molecule has 0 saturated heterocycles. The Kier molecular flexibility index (Phi) is 2.92. The molecular formula is C12H14FNO2. The van der Waals surface area contributed by atoms with E-state index in [9.17, 15) is 9.18 Å². The maximum atomic E-state index is 13.3. The van der Waals surface area contributed by atoms with Gasteiger partial charge in [0.2, 0.25) is 0 Å². The van der Waals surface area contributed by atoms with Crippen LogP contribution in [0, 0.1) is 5.82 Å². The van der Waals surface area contributed by atoms with Crippen molar-refractivity contribution in [2.24, 2.45) is 0 Å². The van der Waals surface area contributed by atoms with Crippen molar-refractivity contribution in [3.63, 3.8) is 0 Å². The van der Waals surface area contributed by atoms with E-state index >= 15 is 0 Å². The summed E-state index contributed by atoms with van der Waals surface area (Å²) in [6.45, 7) is 0.263. The first-order chi connectivity index (χ1) is 7.64. The summed E-state index contributed by atoms with van der Waals surface area (Å²) in [5.74, 6) is -1.13. The third-order valence-corrected chi connectivity index (χ3v) is 3.19.